The lowest BCUT2D eigenvalue weighted by molar-refractivity contribution is -0.144. The molecule has 9 heteroatoms. The van der Waals surface area contributed by atoms with Crippen LogP contribution in [0.5, 0.6) is 0 Å². The van der Waals surface area contributed by atoms with Gasteiger partial charge in [0, 0.05) is 11.6 Å². The Bertz CT molecular complexity index is 494. The van der Waals surface area contributed by atoms with E-state index >= 15 is 0 Å². The molecule has 0 heterocycles. The molecule has 0 bridgehead atoms. The Kier molecular flexibility index (Phi) is 5.21. The number of rotatable bonds is 4. The molecular weight excluding hydrogens is 305 g/mol. The summed E-state index contributed by atoms with van der Waals surface area (Å²) >= 11 is 0. The van der Waals surface area contributed by atoms with Crippen molar-refractivity contribution in [3.63, 3.8) is 0 Å². The molecule has 0 fully saturated rings. The molecule has 1 aromatic carbocycles. The Balaban J connectivity index is 3.42. The van der Waals surface area contributed by atoms with Crippen molar-refractivity contribution in [1.29, 1.82) is 0 Å². The molecule has 0 aliphatic heterocycles. The van der Waals surface area contributed by atoms with Gasteiger partial charge in [-0.15, -0.1) is 0 Å². The maximum absolute atomic E-state index is 13.7. The Morgan fingerprint density at radius 3 is 2.00 bits per heavy atom. The van der Waals surface area contributed by atoms with E-state index in [9.17, 15) is 30.7 Å². The summed E-state index contributed by atoms with van der Waals surface area (Å²) in [5.41, 5.74) is 6.26. The molecule has 1 aromatic rings. The van der Waals surface area contributed by atoms with Crippen LogP contribution < -0.4 is 11.5 Å². The molecule has 0 radical (unpaired) electrons. The van der Waals surface area contributed by atoms with E-state index in [0.717, 1.165) is 0 Å². The first-order chi connectivity index (χ1) is 9.48. The molecule has 1 rings (SSSR count). The van der Waals surface area contributed by atoms with E-state index in [4.69, 9.17) is 11.5 Å². The molecular formula is C12H13F7N2. The molecule has 4 N–H and O–H groups in total. The SMILES string of the molecule is NCCC[C@@H](N)c1c(F)cc(C(F)(F)F)cc1C(F)(F)F. The fourth-order valence-corrected chi connectivity index (χ4v) is 1.87. The van der Waals surface area contributed by atoms with Gasteiger partial charge in [-0.3, -0.25) is 0 Å². The Labute approximate surface area is 115 Å². The smallest absolute Gasteiger partial charge is 0.330 e. The third kappa shape index (κ3) is 4.31. The third-order valence-electron chi connectivity index (χ3n) is 2.85. The van der Waals surface area contributed by atoms with Crippen LogP contribution in [0.25, 0.3) is 0 Å². The van der Waals surface area contributed by atoms with Gasteiger partial charge in [-0.1, -0.05) is 0 Å². The second-order valence-corrected chi connectivity index (χ2v) is 4.45. The van der Waals surface area contributed by atoms with Crippen molar-refractivity contribution in [2.45, 2.75) is 31.2 Å². The van der Waals surface area contributed by atoms with Crippen LogP contribution in [0.1, 0.15) is 35.6 Å². The Morgan fingerprint density at radius 1 is 1.00 bits per heavy atom. The van der Waals surface area contributed by atoms with E-state index in [1.54, 1.807) is 0 Å². The summed E-state index contributed by atoms with van der Waals surface area (Å²) in [6.45, 7) is 0.122. The summed E-state index contributed by atoms with van der Waals surface area (Å²) in [4.78, 5) is 0. The number of nitrogens with two attached hydrogens (primary N) is 2. The minimum absolute atomic E-state index is 0.0207. The summed E-state index contributed by atoms with van der Waals surface area (Å²) in [5, 5.41) is 0. The average Bonchev–Trinajstić information content (AvgIpc) is 2.32. The zero-order valence-corrected chi connectivity index (χ0v) is 10.7. The van der Waals surface area contributed by atoms with Gasteiger partial charge in [-0.05, 0) is 31.5 Å². The molecule has 0 unspecified atom stereocenters. The molecule has 0 amide bonds. The van der Waals surface area contributed by atoms with Crippen molar-refractivity contribution in [3.8, 4) is 0 Å². The van der Waals surface area contributed by atoms with Gasteiger partial charge in [0.2, 0.25) is 0 Å². The Hall–Kier alpha value is -1.35. The summed E-state index contributed by atoms with van der Waals surface area (Å²) in [6, 6.07) is -1.49. The monoisotopic (exact) mass is 318 g/mol. The maximum atomic E-state index is 13.7. The lowest BCUT2D eigenvalue weighted by Gasteiger charge is -2.21. The maximum Gasteiger partial charge on any atom is 0.416 e. The average molecular weight is 318 g/mol. The minimum atomic E-state index is -5.14. The first-order valence-corrected chi connectivity index (χ1v) is 5.92. The Morgan fingerprint density at radius 2 is 1.57 bits per heavy atom. The normalized spacial score (nSPS) is 14.3. The zero-order chi connectivity index (χ0) is 16.4. The summed E-state index contributed by atoms with van der Waals surface area (Å²) < 4.78 is 89.8. The standard InChI is InChI=1S/C12H13F7N2/c13-8-5-6(11(14,15)16)4-7(12(17,18)19)10(8)9(21)2-1-3-20/h4-5,9H,1-3,20-21H2/t9-/m1/s1. The summed E-state index contributed by atoms with van der Waals surface area (Å²) in [6.07, 6.45) is -10.1. The molecule has 0 aliphatic rings. The fourth-order valence-electron chi connectivity index (χ4n) is 1.87. The van der Waals surface area contributed by atoms with Crippen molar-refractivity contribution >= 4 is 0 Å². The molecule has 0 saturated heterocycles. The lowest BCUT2D eigenvalue weighted by atomic mass is 9.94. The molecule has 0 saturated carbocycles. The van der Waals surface area contributed by atoms with Crippen LogP contribution in [-0.2, 0) is 12.4 Å². The van der Waals surface area contributed by atoms with Crippen molar-refractivity contribution in [2.24, 2.45) is 11.5 Å². The van der Waals surface area contributed by atoms with E-state index in [2.05, 4.69) is 0 Å². The molecule has 2 nitrogen and oxygen atoms in total. The summed E-state index contributed by atoms with van der Waals surface area (Å²) in [7, 11) is 0. The van der Waals surface area contributed by atoms with Crippen LogP contribution in [0.3, 0.4) is 0 Å². The molecule has 21 heavy (non-hydrogen) atoms. The van der Waals surface area contributed by atoms with Gasteiger partial charge in [0.05, 0.1) is 11.1 Å². The van der Waals surface area contributed by atoms with E-state index in [1.165, 1.54) is 0 Å². The van der Waals surface area contributed by atoms with Gasteiger partial charge in [-0.2, -0.15) is 26.3 Å². The molecule has 0 spiro atoms. The van der Waals surface area contributed by atoms with E-state index < -0.39 is 40.9 Å². The minimum Gasteiger partial charge on any atom is -0.330 e. The van der Waals surface area contributed by atoms with Crippen LogP contribution in [0, 0.1) is 5.82 Å². The van der Waals surface area contributed by atoms with Crippen LogP contribution in [0.4, 0.5) is 30.7 Å². The zero-order valence-electron chi connectivity index (χ0n) is 10.7. The van der Waals surface area contributed by atoms with Crippen molar-refractivity contribution < 1.29 is 30.7 Å². The number of halogens is 7. The van der Waals surface area contributed by atoms with Crippen molar-refractivity contribution in [1.82, 2.24) is 0 Å². The van der Waals surface area contributed by atoms with E-state index in [1.807, 2.05) is 0 Å². The molecule has 0 aromatic heterocycles. The number of alkyl halides is 6. The largest absolute Gasteiger partial charge is 0.416 e. The highest BCUT2D eigenvalue weighted by molar-refractivity contribution is 5.38. The second kappa shape index (κ2) is 6.18. The predicted molar refractivity (Wildman–Crippen MR) is 61.6 cm³/mol. The summed E-state index contributed by atoms with van der Waals surface area (Å²) in [5.74, 6) is -1.62. The van der Waals surface area contributed by atoms with Gasteiger partial charge >= 0.3 is 12.4 Å². The third-order valence-corrected chi connectivity index (χ3v) is 2.85. The van der Waals surface area contributed by atoms with Gasteiger partial charge in [-0.25, -0.2) is 4.39 Å². The molecule has 120 valence electrons. The van der Waals surface area contributed by atoms with Gasteiger partial charge < -0.3 is 11.5 Å². The van der Waals surface area contributed by atoms with Crippen LogP contribution in [0.2, 0.25) is 0 Å². The molecule has 0 aliphatic carbocycles. The second-order valence-electron chi connectivity index (χ2n) is 4.45. The lowest BCUT2D eigenvalue weighted by Crippen LogP contribution is -2.22. The van der Waals surface area contributed by atoms with Gasteiger partial charge in [0.15, 0.2) is 0 Å². The van der Waals surface area contributed by atoms with E-state index in [-0.39, 0.29) is 31.5 Å². The predicted octanol–water partition coefficient (Wildman–Crippen LogP) is 3.60. The van der Waals surface area contributed by atoms with Crippen molar-refractivity contribution in [2.75, 3.05) is 6.54 Å². The van der Waals surface area contributed by atoms with Crippen LogP contribution in [-0.4, -0.2) is 6.54 Å². The first kappa shape index (κ1) is 17.7. The van der Waals surface area contributed by atoms with Crippen LogP contribution >= 0.6 is 0 Å². The number of hydrogen-bond acceptors (Lipinski definition) is 2. The molecule has 1 atom stereocenters. The van der Waals surface area contributed by atoms with Crippen molar-refractivity contribution in [3.05, 3.63) is 34.6 Å². The highest BCUT2D eigenvalue weighted by Gasteiger charge is 2.40. The highest BCUT2D eigenvalue weighted by atomic mass is 19.4. The van der Waals surface area contributed by atoms with E-state index in [0.29, 0.717) is 0 Å². The quantitative estimate of drug-likeness (QED) is 0.834. The highest BCUT2D eigenvalue weighted by Crippen LogP contribution is 2.40. The van der Waals surface area contributed by atoms with Gasteiger partial charge in [0.25, 0.3) is 0 Å². The first-order valence-electron chi connectivity index (χ1n) is 5.92. The fraction of sp³-hybridized carbons (Fsp3) is 0.500. The number of hydrogen-bond donors (Lipinski definition) is 2. The number of benzene rings is 1. The van der Waals surface area contributed by atoms with Gasteiger partial charge in [0.1, 0.15) is 5.82 Å². The van der Waals surface area contributed by atoms with Crippen LogP contribution in [0.15, 0.2) is 12.1 Å². The topological polar surface area (TPSA) is 52.0 Å².